The number of hydrogen-bond donors (Lipinski definition) is 1. The zero-order chi connectivity index (χ0) is 20.9. The second-order valence-corrected chi connectivity index (χ2v) is 7.86. The van der Waals surface area contributed by atoms with Crippen molar-refractivity contribution in [2.24, 2.45) is 0 Å². The maximum absolute atomic E-state index is 12.4. The number of phenolic OH excluding ortho intramolecular Hbond substituents is 1. The first-order chi connectivity index (χ1) is 13.8. The van der Waals surface area contributed by atoms with E-state index < -0.39 is 23.3 Å². The van der Waals surface area contributed by atoms with Gasteiger partial charge in [-0.05, 0) is 43.4 Å². The van der Waals surface area contributed by atoms with Gasteiger partial charge in [0.15, 0.2) is 11.5 Å². The molecule has 0 saturated carbocycles. The van der Waals surface area contributed by atoms with Crippen LogP contribution in [0.3, 0.4) is 0 Å². The average Bonchev–Trinajstić information content (AvgIpc) is 2.66. The number of phenols is 1. The molecular formula is C22H18O6S. The number of carbonyl (C=O) groups is 2. The van der Waals surface area contributed by atoms with Gasteiger partial charge in [0.05, 0.1) is 11.8 Å². The van der Waals surface area contributed by atoms with Crippen LogP contribution in [0.1, 0.15) is 46.3 Å². The van der Waals surface area contributed by atoms with Crippen LogP contribution in [-0.2, 0) is 4.79 Å². The molecule has 0 saturated heterocycles. The van der Waals surface area contributed by atoms with E-state index in [-0.39, 0.29) is 34.5 Å². The van der Waals surface area contributed by atoms with Gasteiger partial charge in [-0.1, -0.05) is 12.1 Å². The summed E-state index contributed by atoms with van der Waals surface area (Å²) in [5, 5.41) is 11.1. The van der Waals surface area contributed by atoms with Crippen LogP contribution in [0, 0.1) is 6.92 Å². The van der Waals surface area contributed by atoms with Gasteiger partial charge in [-0.25, -0.2) is 4.79 Å². The van der Waals surface area contributed by atoms with E-state index in [1.807, 2.05) is 30.5 Å². The Labute approximate surface area is 170 Å². The molecule has 0 spiro atoms. The predicted octanol–water partition coefficient (Wildman–Crippen LogP) is 4.17. The molecule has 3 aromatic rings. The normalized spacial score (nSPS) is 15.8. The number of rotatable bonds is 3. The topological polar surface area (TPSA) is 93.8 Å². The number of carbonyl (C=O) groups excluding carboxylic acids is 2. The zero-order valence-electron chi connectivity index (χ0n) is 16.1. The van der Waals surface area contributed by atoms with E-state index in [1.165, 1.54) is 13.0 Å². The van der Waals surface area contributed by atoms with E-state index in [9.17, 15) is 19.5 Å². The van der Waals surface area contributed by atoms with Crippen molar-refractivity contribution in [1.82, 2.24) is 0 Å². The summed E-state index contributed by atoms with van der Waals surface area (Å²) in [6.07, 6.45) is 2.00. The van der Waals surface area contributed by atoms with Crippen molar-refractivity contribution in [3.8, 4) is 11.5 Å². The number of Topliss-reactive ketones (excluding diaryl/α,β-unsaturated/α-hetero) is 1. The third kappa shape index (κ3) is 3.11. The largest absolute Gasteiger partial charge is 0.506 e. The summed E-state index contributed by atoms with van der Waals surface area (Å²) in [6, 6.07) is 8.94. The Morgan fingerprint density at radius 1 is 1.21 bits per heavy atom. The summed E-state index contributed by atoms with van der Waals surface area (Å²) in [7, 11) is 0. The Kier molecular flexibility index (Phi) is 4.70. The third-order valence-electron chi connectivity index (χ3n) is 5.15. The second-order valence-electron chi connectivity index (χ2n) is 6.98. The first-order valence-corrected chi connectivity index (χ1v) is 10.2. The SMILES string of the molecule is CSc1ccc([C@H]2CC(=O)Oc3c(C(C)=O)c(O)c4c(C)cc(=O)oc4c32)cc1. The number of fused-ring (bicyclic) bond motifs is 3. The second kappa shape index (κ2) is 7.08. The summed E-state index contributed by atoms with van der Waals surface area (Å²) in [5.74, 6) is -1.83. The van der Waals surface area contributed by atoms with Crippen molar-refractivity contribution in [2.75, 3.05) is 6.26 Å². The fourth-order valence-electron chi connectivity index (χ4n) is 3.86. The Morgan fingerprint density at radius 2 is 1.90 bits per heavy atom. The zero-order valence-corrected chi connectivity index (χ0v) is 16.9. The number of benzene rings is 2. The summed E-state index contributed by atoms with van der Waals surface area (Å²) in [4.78, 5) is 37.9. The maximum atomic E-state index is 12.4. The third-order valence-corrected chi connectivity index (χ3v) is 5.90. The maximum Gasteiger partial charge on any atom is 0.336 e. The van der Waals surface area contributed by atoms with Crippen LogP contribution in [0.2, 0.25) is 0 Å². The molecule has 1 N–H and O–H groups in total. The standard InChI is InChI=1S/C22H18O6S/c1-10-8-15(24)27-21-17(10)20(26)18(11(2)23)22-19(21)14(9-16(25)28-22)12-4-6-13(29-3)7-5-12/h4-8,14,26H,9H2,1-3H3/t14-/m1/s1. The van der Waals surface area contributed by atoms with Gasteiger partial charge in [-0.15, -0.1) is 11.8 Å². The first kappa shape index (κ1) is 19.3. The quantitative estimate of drug-likeness (QED) is 0.228. The Bertz CT molecular complexity index is 1220. The van der Waals surface area contributed by atoms with Crippen molar-refractivity contribution >= 4 is 34.5 Å². The van der Waals surface area contributed by atoms with E-state index in [0.29, 0.717) is 11.1 Å². The Hall–Kier alpha value is -3.06. The Morgan fingerprint density at radius 3 is 2.52 bits per heavy atom. The molecule has 4 rings (SSSR count). The van der Waals surface area contributed by atoms with Crippen LogP contribution >= 0.6 is 11.8 Å². The molecule has 0 fully saturated rings. The molecule has 7 heteroatoms. The smallest absolute Gasteiger partial charge is 0.336 e. The highest BCUT2D eigenvalue weighted by Gasteiger charge is 2.37. The average molecular weight is 410 g/mol. The number of ketones is 1. The van der Waals surface area contributed by atoms with E-state index in [2.05, 4.69) is 0 Å². The molecule has 0 radical (unpaired) electrons. The van der Waals surface area contributed by atoms with Crippen LogP contribution in [0.15, 0.2) is 44.4 Å². The van der Waals surface area contributed by atoms with Gasteiger partial charge >= 0.3 is 11.6 Å². The predicted molar refractivity (Wildman–Crippen MR) is 109 cm³/mol. The van der Waals surface area contributed by atoms with E-state index in [1.54, 1.807) is 18.7 Å². The van der Waals surface area contributed by atoms with Crippen LogP contribution in [0.4, 0.5) is 0 Å². The Balaban J connectivity index is 2.12. The van der Waals surface area contributed by atoms with Crippen molar-refractivity contribution in [1.29, 1.82) is 0 Å². The number of aryl methyl sites for hydroxylation is 1. The highest BCUT2D eigenvalue weighted by Crippen LogP contribution is 2.49. The van der Waals surface area contributed by atoms with Gasteiger partial charge in [0.1, 0.15) is 16.9 Å². The molecule has 148 valence electrons. The summed E-state index contributed by atoms with van der Waals surface area (Å²) in [6.45, 7) is 2.95. The highest BCUT2D eigenvalue weighted by atomic mass is 32.2. The molecule has 0 amide bonds. The van der Waals surface area contributed by atoms with Gasteiger partial charge in [-0.2, -0.15) is 0 Å². The molecule has 1 aliphatic rings. The van der Waals surface area contributed by atoms with E-state index in [4.69, 9.17) is 9.15 Å². The van der Waals surface area contributed by atoms with Crippen LogP contribution in [-0.4, -0.2) is 23.1 Å². The lowest BCUT2D eigenvalue weighted by Crippen LogP contribution is -2.23. The molecule has 2 aromatic carbocycles. The van der Waals surface area contributed by atoms with Crippen molar-refractivity contribution in [3.05, 3.63) is 63.0 Å². The fraction of sp³-hybridized carbons (Fsp3) is 0.227. The lowest BCUT2D eigenvalue weighted by atomic mass is 9.83. The van der Waals surface area contributed by atoms with Crippen molar-refractivity contribution in [3.63, 3.8) is 0 Å². The highest BCUT2D eigenvalue weighted by molar-refractivity contribution is 7.98. The van der Waals surface area contributed by atoms with Crippen LogP contribution < -0.4 is 10.4 Å². The summed E-state index contributed by atoms with van der Waals surface area (Å²) < 4.78 is 10.9. The van der Waals surface area contributed by atoms with Gasteiger partial charge < -0.3 is 14.3 Å². The molecule has 1 aliphatic heterocycles. The summed E-state index contributed by atoms with van der Waals surface area (Å²) in [5.41, 5.74) is 1.21. The van der Waals surface area contributed by atoms with E-state index >= 15 is 0 Å². The minimum absolute atomic E-state index is 0.0283. The monoisotopic (exact) mass is 410 g/mol. The number of hydrogen-bond acceptors (Lipinski definition) is 7. The lowest BCUT2D eigenvalue weighted by Gasteiger charge is -2.28. The van der Waals surface area contributed by atoms with Gasteiger partial charge in [0, 0.05) is 22.4 Å². The van der Waals surface area contributed by atoms with Crippen molar-refractivity contribution in [2.45, 2.75) is 31.1 Å². The number of aromatic hydroxyl groups is 1. The molecule has 0 bridgehead atoms. The number of esters is 1. The molecule has 29 heavy (non-hydrogen) atoms. The molecule has 0 unspecified atom stereocenters. The van der Waals surface area contributed by atoms with Gasteiger partial charge in [-0.3, -0.25) is 9.59 Å². The van der Waals surface area contributed by atoms with Crippen LogP contribution in [0.25, 0.3) is 11.0 Å². The minimum Gasteiger partial charge on any atom is -0.506 e. The number of ether oxygens (including phenoxy) is 1. The lowest BCUT2D eigenvalue weighted by molar-refractivity contribution is -0.135. The summed E-state index contributed by atoms with van der Waals surface area (Å²) >= 11 is 1.60. The van der Waals surface area contributed by atoms with E-state index in [0.717, 1.165) is 10.5 Å². The molecule has 1 atom stereocenters. The minimum atomic E-state index is -0.583. The molecule has 2 heterocycles. The first-order valence-electron chi connectivity index (χ1n) is 9.00. The van der Waals surface area contributed by atoms with Crippen LogP contribution in [0.5, 0.6) is 11.5 Å². The number of thioether (sulfide) groups is 1. The molecule has 1 aromatic heterocycles. The molecule has 0 aliphatic carbocycles. The fourth-order valence-corrected chi connectivity index (χ4v) is 4.27. The molecular weight excluding hydrogens is 392 g/mol. The molecule has 6 nitrogen and oxygen atoms in total. The van der Waals surface area contributed by atoms with Crippen molar-refractivity contribution < 1.29 is 23.8 Å². The van der Waals surface area contributed by atoms with Gasteiger partial charge in [0.2, 0.25) is 0 Å². The van der Waals surface area contributed by atoms with Gasteiger partial charge in [0.25, 0.3) is 0 Å².